The molecule has 0 amide bonds. The van der Waals surface area contributed by atoms with E-state index in [1.165, 1.54) is 0 Å². The van der Waals surface area contributed by atoms with Crippen molar-refractivity contribution in [1.29, 1.82) is 5.26 Å². The molecule has 2 heterocycles. The summed E-state index contributed by atoms with van der Waals surface area (Å²) in [6.45, 7) is 2.15. The lowest BCUT2D eigenvalue weighted by molar-refractivity contribution is 0.336. The van der Waals surface area contributed by atoms with Gasteiger partial charge in [-0.2, -0.15) is 10.4 Å². The van der Waals surface area contributed by atoms with Crippen LogP contribution in [0.4, 0.5) is 13.2 Å². The Kier molecular flexibility index (Phi) is 2.71. The average Bonchev–Trinajstić information content (AvgIpc) is 2.93. The normalized spacial score (nSPS) is 29.1. The highest BCUT2D eigenvalue weighted by Crippen LogP contribution is 2.46. The minimum absolute atomic E-state index is 0.335. The third-order valence-electron chi connectivity index (χ3n) is 3.92. The third-order valence-corrected chi connectivity index (χ3v) is 3.92. The van der Waals surface area contributed by atoms with Crippen LogP contribution < -0.4 is 0 Å². The van der Waals surface area contributed by atoms with E-state index in [0.29, 0.717) is 24.6 Å². The highest BCUT2D eigenvalue weighted by molar-refractivity contribution is 5.36. The molecule has 3 rings (SSSR count). The summed E-state index contributed by atoms with van der Waals surface area (Å²) in [5.41, 5.74) is -1.16. The minimum atomic E-state index is -1.47. The van der Waals surface area contributed by atoms with Crippen molar-refractivity contribution in [2.45, 2.75) is 31.7 Å². The van der Waals surface area contributed by atoms with Crippen LogP contribution in [0.25, 0.3) is 0 Å². The van der Waals surface area contributed by atoms with Crippen molar-refractivity contribution in [2.75, 3.05) is 0 Å². The zero-order valence-electron chi connectivity index (χ0n) is 10.7. The zero-order valence-corrected chi connectivity index (χ0v) is 10.7. The number of allylic oxidation sites excluding steroid dienone is 4. The number of hydrogen-bond donors (Lipinski definition) is 0. The lowest BCUT2D eigenvalue weighted by Crippen LogP contribution is -2.33. The number of aryl methyl sites for hydroxylation is 2. The van der Waals surface area contributed by atoms with Crippen LogP contribution in [0, 0.1) is 24.2 Å². The SMILES string of the molecule is Cc1nc2n(n1)CC[C@@]2(C#N)C1C=C(F)C(F)=C(F)C1. The molecule has 0 saturated carbocycles. The largest absolute Gasteiger partial charge is 0.248 e. The van der Waals surface area contributed by atoms with Gasteiger partial charge in [0.25, 0.3) is 0 Å². The maximum absolute atomic E-state index is 13.5. The molecule has 1 aliphatic carbocycles. The van der Waals surface area contributed by atoms with Gasteiger partial charge < -0.3 is 0 Å². The van der Waals surface area contributed by atoms with Gasteiger partial charge in [0.2, 0.25) is 0 Å². The minimum Gasteiger partial charge on any atom is -0.248 e. The van der Waals surface area contributed by atoms with Crippen molar-refractivity contribution < 1.29 is 13.2 Å². The molecule has 104 valence electrons. The summed E-state index contributed by atoms with van der Waals surface area (Å²) >= 11 is 0. The Balaban J connectivity index is 2.08. The number of aromatic nitrogens is 3. The highest BCUT2D eigenvalue weighted by Gasteiger charge is 2.49. The van der Waals surface area contributed by atoms with Crippen molar-refractivity contribution in [3.63, 3.8) is 0 Å². The Bertz CT molecular complexity index is 682. The molecule has 20 heavy (non-hydrogen) atoms. The molecule has 0 bridgehead atoms. The molecule has 0 radical (unpaired) electrons. The first kappa shape index (κ1) is 12.9. The van der Waals surface area contributed by atoms with Gasteiger partial charge in [0.15, 0.2) is 11.7 Å². The Hall–Kier alpha value is -2.10. The van der Waals surface area contributed by atoms with E-state index in [4.69, 9.17) is 0 Å². The standard InChI is InChI=1S/C13H11F3N4/c1-7-18-12-13(6-17,2-3-20(12)19-7)8-4-9(14)11(16)10(15)5-8/h4,8H,2-3,5H2,1H3/t8?,13-/m1/s1. The molecule has 1 aromatic rings. The Morgan fingerprint density at radius 3 is 2.85 bits per heavy atom. The second kappa shape index (κ2) is 4.20. The van der Waals surface area contributed by atoms with Crippen molar-refractivity contribution in [1.82, 2.24) is 14.8 Å². The van der Waals surface area contributed by atoms with Crippen LogP contribution in [0.2, 0.25) is 0 Å². The topological polar surface area (TPSA) is 54.5 Å². The van der Waals surface area contributed by atoms with Gasteiger partial charge in [0.05, 0.1) is 6.07 Å². The predicted molar refractivity (Wildman–Crippen MR) is 63.2 cm³/mol. The van der Waals surface area contributed by atoms with Crippen LogP contribution in [-0.2, 0) is 12.0 Å². The van der Waals surface area contributed by atoms with E-state index in [9.17, 15) is 18.4 Å². The number of rotatable bonds is 1. The summed E-state index contributed by atoms with van der Waals surface area (Å²) in [7, 11) is 0. The zero-order chi connectivity index (χ0) is 14.5. The van der Waals surface area contributed by atoms with Gasteiger partial charge in [0, 0.05) is 18.9 Å². The van der Waals surface area contributed by atoms with Crippen molar-refractivity contribution in [2.24, 2.45) is 5.92 Å². The fraction of sp³-hybridized carbons (Fsp3) is 0.462. The molecule has 4 nitrogen and oxygen atoms in total. The van der Waals surface area contributed by atoms with Gasteiger partial charge in [-0.25, -0.2) is 22.8 Å². The molecule has 0 spiro atoms. The maximum atomic E-state index is 13.5. The van der Waals surface area contributed by atoms with Gasteiger partial charge in [-0.15, -0.1) is 0 Å². The number of halogens is 3. The summed E-state index contributed by atoms with van der Waals surface area (Å²) in [5, 5.41) is 13.7. The van der Waals surface area contributed by atoms with Crippen molar-refractivity contribution in [3.8, 4) is 6.07 Å². The van der Waals surface area contributed by atoms with Crippen molar-refractivity contribution in [3.05, 3.63) is 35.2 Å². The van der Waals surface area contributed by atoms with E-state index in [-0.39, 0.29) is 6.42 Å². The smallest absolute Gasteiger partial charge is 0.189 e. The molecule has 1 aliphatic heterocycles. The molecule has 1 aromatic heterocycles. The third kappa shape index (κ3) is 1.60. The van der Waals surface area contributed by atoms with Gasteiger partial charge in [-0.1, -0.05) is 0 Å². The quantitative estimate of drug-likeness (QED) is 0.794. The molecule has 0 fully saturated rings. The summed E-state index contributed by atoms with van der Waals surface area (Å²) < 4.78 is 41.6. The second-order valence-corrected chi connectivity index (χ2v) is 5.08. The van der Waals surface area contributed by atoms with Crippen LogP contribution >= 0.6 is 0 Å². The first-order valence-electron chi connectivity index (χ1n) is 6.23. The molecular weight excluding hydrogens is 269 g/mol. The van der Waals surface area contributed by atoms with E-state index in [1.807, 2.05) is 0 Å². The molecule has 0 saturated heterocycles. The van der Waals surface area contributed by atoms with E-state index in [2.05, 4.69) is 16.2 Å². The molecule has 0 aromatic carbocycles. The first-order chi connectivity index (χ1) is 9.48. The second-order valence-electron chi connectivity index (χ2n) is 5.08. The van der Waals surface area contributed by atoms with Crippen molar-refractivity contribution >= 4 is 0 Å². The lowest BCUT2D eigenvalue weighted by Gasteiger charge is -2.29. The maximum Gasteiger partial charge on any atom is 0.189 e. The molecular formula is C13H11F3N4. The Morgan fingerprint density at radius 1 is 1.45 bits per heavy atom. The highest BCUT2D eigenvalue weighted by atomic mass is 19.2. The van der Waals surface area contributed by atoms with E-state index < -0.39 is 28.8 Å². The fourth-order valence-electron chi connectivity index (χ4n) is 2.91. The molecule has 2 aliphatic rings. The Morgan fingerprint density at radius 2 is 2.20 bits per heavy atom. The monoisotopic (exact) mass is 280 g/mol. The molecule has 7 heteroatoms. The van der Waals surface area contributed by atoms with E-state index in [0.717, 1.165) is 6.08 Å². The average molecular weight is 280 g/mol. The summed E-state index contributed by atoms with van der Waals surface area (Å²) in [4.78, 5) is 4.21. The summed E-state index contributed by atoms with van der Waals surface area (Å²) in [6, 6.07) is 2.13. The number of nitrogens with zero attached hydrogens (tertiary/aromatic N) is 4. The lowest BCUT2D eigenvalue weighted by atomic mass is 9.71. The van der Waals surface area contributed by atoms with E-state index in [1.54, 1.807) is 11.6 Å². The molecule has 2 atom stereocenters. The number of fused-ring (bicyclic) bond motifs is 1. The van der Waals surface area contributed by atoms with Crippen LogP contribution in [-0.4, -0.2) is 14.8 Å². The number of hydrogen-bond acceptors (Lipinski definition) is 3. The first-order valence-corrected chi connectivity index (χ1v) is 6.23. The van der Waals surface area contributed by atoms with Gasteiger partial charge >= 0.3 is 0 Å². The molecule has 1 unspecified atom stereocenters. The van der Waals surface area contributed by atoms with Crippen LogP contribution in [0.15, 0.2) is 23.6 Å². The van der Waals surface area contributed by atoms with Crippen LogP contribution in [0.1, 0.15) is 24.5 Å². The predicted octanol–water partition coefficient (Wildman–Crippen LogP) is 2.78. The van der Waals surface area contributed by atoms with Crippen LogP contribution in [0.3, 0.4) is 0 Å². The van der Waals surface area contributed by atoms with Crippen LogP contribution in [0.5, 0.6) is 0 Å². The van der Waals surface area contributed by atoms with E-state index >= 15 is 0 Å². The Labute approximate surface area is 113 Å². The molecule has 0 N–H and O–H groups in total. The van der Waals surface area contributed by atoms with Gasteiger partial charge in [-0.05, 0) is 19.4 Å². The summed E-state index contributed by atoms with van der Waals surface area (Å²) in [6.07, 6.45) is 1.02. The fourth-order valence-corrected chi connectivity index (χ4v) is 2.91. The summed E-state index contributed by atoms with van der Waals surface area (Å²) in [5.74, 6) is -3.74. The number of nitriles is 1. The van der Waals surface area contributed by atoms with Gasteiger partial charge in [-0.3, -0.25) is 0 Å². The van der Waals surface area contributed by atoms with Gasteiger partial charge in [0.1, 0.15) is 22.9 Å².